The molecule has 0 amide bonds. The summed E-state index contributed by atoms with van der Waals surface area (Å²) in [5.74, 6) is 0. The molecule has 0 bridgehead atoms. The average Bonchev–Trinajstić information content (AvgIpc) is 2.20. The second kappa shape index (κ2) is 6.66. The zero-order valence-corrected chi connectivity index (χ0v) is 10.7. The number of aryl methyl sites for hydroxylation is 2. The van der Waals surface area contributed by atoms with Gasteiger partial charge in [0.25, 0.3) is 0 Å². The van der Waals surface area contributed by atoms with Gasteiger partial charge in [-0.2, -0.15) is 0 Å². The molecule has 0 aliphatic rings. The second-order valence-electron chi connectivity index (χ2n) is 4.70. The van der Waals surface area contributed by atoms with E-state index in [4.69, 9.17) is 5.73 Å². The topological polar surface area (TPSA) is 38.0 Å². The first kappa shape index (κ1) is 13.2. The van der Waals surface area contributed by atoms with Crippen LogP contribution in [0.5, 0.6) is 0 Å². The molecule has 0 aliphatic carbocycles. The van der Waals surface area contributed by atoms with Crippen LogP contribution in [0.3, 0.4) is 0 Å². The lowest BCUT2D eigenvalue weighted by Crippen LogP contribution is -2.25. The SMILES string of the molecule is Cc1ccc(CCNCCC(C)N)c(C)c1. The summed E-state index contributed by atoms with van der Waals surface area (Å²) in [6.07, 6.45) is 2.15. The first-order chi connectivity index (χ1) is 7.59. The Balaban J connectivity index is 2.27. The molecule has 0 heterocycles. The van der Waals surface area contributed by atoms with E-state index in [-0.39, 0.29) is 0 Å². The highest BCUT2D eigenvalue weighted by molar-refractivity contribution is 5.30. The molecule has 0 radical (unpaired) electrons. The van der Waals surface area contributed by atoms with Crippen LogP contribution in [-0.2, 0) is 6.42 Å². The highest BCUT2D eigenvalue weighted by Crippen LogP contribution is 2.10. The van der Waals surface area contributed by atoms with Crippen molar-refractivity contribution >= 4 is 0 Å². The number of hydrogen-bond donors (Lipinski definition) is 2. The molecule has 1 aromatic rings. The lowest BCUT2D eigenvalue weighted by molar-refractivity contribution is 0.589. The van der Waals surface area contributed by atoms with Crippen molar-refractivity contribution in [3.05, 3.63) is 34.9 Å². The van der Waals surface area contributed by atoms with E-state index in [9.17, 15) is 0 Å². The molecule has 0 saturated heterocycles. The summed E-state index contributed by atoms with van der Waals surface area (Å²) in [5, 5.41) is 3.43. The van der Waals surface area contributed by atoms with Gasteiger partial charge in [0.1, 0.15) is 0 Å². The largest absolute Gasteiger partial charge is 0.328 e. The molecule has 1 atom stereocenters. The summed E-state index contributed by atoms with van der Waals surface area (Å²) in [6, 6.07) is 6.97. The number of nitrogens with two attached hydrogens (primary N) is 1. The Bertz CT molecular complexity index is 319. The van der Waals surface area contributed by atoms with Gasteiger partial charge in [0.05, 0.1) is 0 Å². The van der Waals surface area contributed by atoms with Crippen LogP contribution in [0.1, 0.15) is 30.0 Å². The van der Waals surface area contributed by atoms with Gasteiger partial charge >= 0.3 is 0 Å². The normalized spacial score (nSPS) is 12.8. The van der Waals surface area contributed by atoms with Gasteiger partial charge in [-0.1, -0.05) is 23.8 Å². The van der Waals surface area contributed by atoms with E-state index in [0.717, 1.165) is 25.9 Å². The molecular formula is C14H24N2. The molecule has 90 valence electrons. The molecule has 1 aromatic carbocycles. The van der Waals surface area contributed by atoms with Crippen molar-refractivity contribution in [1.82, 2.24) is 5.32 Å². The molecule has 0 aromatic heterocycles. The highest BCUT2D eigenvalue weighted by atomic mass is 14.8. The number of rotatable bonds is 6. The monoisotopic (exact) mass is 220 g/mol. The van der Waals surface area contributed by atoms with Crippen LogP contribution in [0.2, 0.25) is 0 Å². The summed E-state index contributed by atoms with van der Waals surface area (Å²) >= 11 is 0. The summed E-state index contributed by atoms with van der Waals surface area (Å²) < 4.78 is 0. The Morgan fingerprint density at radius 1 is 1.25 bits per heavy atom. The molecule has 0 fully saturated rings. The van der Waals surface area contributed by atoms with E-state index in [0.29, 0.717) is 6.04 Å². The van der Waals surface area contributed by atoms with Gasteiger partial charge < -0.3 is 11.1 Å². The predicted molar refractivity (Wildman–Crippen MR) is 70.8 cm³/mol. The van der Waals surface area contributed by atoms with E-state index >= 15 is 0 Å². The third-order valence-electron chi connectivity index (χ3n) is 2.85. The van der Waals surface area contributed by atoms with E-state index < -0.39 is 0 Å². The predicted octanol–water partition coefficient (Wildman–Crippen LogP) is 2.17. The van der Waals surface area contributed by atoms with E-state index in [1.165, 1.54) is 16.7 Å². The number of nitrogens with one attached hydrogen (secondary N) is 1. The lowest BCUT2D eigenvalue weighted by atomic mass is 10.0. The van der Waals surface area contributed by atoms with Crippen molar-refractivity contribution in [2.45, 2.75) is 39.7 Å². The van der Waals surface area contributed by atoms with Crippen LogP contribution >= 0.6 is 0 Å². The zero-order valence-electron chi connectivity index (χ0n) is 10.7. The molecule has 0 saturated carbocycles. The Kier molecular flexibility index (Phi) is 5.50. The first-order valence-electron chi connectivity index (χ1n) is 6.12. The molecule has 3 N–H and O–H groups in total. The number of hydrogen-bond acceptors (Lipinski definition) is 2. The lowest BCUT2D eigenvalue weighted by Gasteiger charge is -2.09. The fraction of sp³-hybridized carbons (Fsp3) is 0.571. The summed E-state index contributed by atoms with van der Waals surface area (Å²) in [5.41, 5.74) is 9.87. The third-order valence-corrected chi connectivity index (χ3v) is 2.85. The fourth-order valence-corrected chi connectivity index (χ4v) is 1.80. The van der Waals surface area contributed by atoms with E-state index in [1.807, 2.05) is 6.92 Å². The smallest absolute Gasteiger partial charge is 0.00225 e. The Hall–Kier alpha value is -0.860. The maximum atomic E-state index is 5.69. The second-order valence-corrected chi connectivity index (χ2v) is 4.70. The van der Waals surface area contributed by atoms with Gasteiger partial charge in [-0.15, -0.1) is 0 Å². The van der Waals surface area contributed by atoms with Crippen LogP contribution < -0.4 is 11.1 Å². The Morgan fingerprint density at radius 3 is 2.62 bits per heavy atom. The maximum Gasteiger partial charge on any atom is 0.00225 e. The first-order valence-corrected chi connectivity index (χ1v) is 6.12. The standard InChI is InChI=1S/C14H24N2/c1-11-4-5-14(12(2)10-11)7-9-16-8-6-13(3)15/h4-5,10,13,16H,6-9,15H2,1-3H3. The summed E-state index contributed by atoms with van der Waals surface area (Å²) in [6.45, 7) is 8.42. The zero-order chi connectivity index (χ0) is 12.0. The average molecular weight is 220 g/mol. The minimum atomic E-state index is 0.300. The van der Waals surface area contributed by atoms with Crippen molar-refractivity contribution in [2.24, 2.45) is 5.73 Å². The number of benzene rings is 1. The molecule has 0 aliphatic heterocycles. The van der Waals surface area contributed by atoms with Crippen molar-refractivity contribution < 1.29 is 0 Å². The van der Waals surface area contributed by atoms with Gasteiger partial charge in [-0.05, 0) is 57.8 Å². The Morgan fingerprint density at radius 2 is 2.00 bits per heavy atom. The van der Waals surface area contributed by atoms with Crippen molar-refractivity contribution in [3.8, 4) is 0 Å². The quantitative estimate of drug-likeness (QED) is 0.721. The van der Waals surface area contributed by atoms with Gasteiger partial charge in [0.15, 0.2) is 0 Å². The van der Waals surface area contributed by atoms with Crippen LogP contribution in [0.4, 0.5) is 0 Å². The maximum absolute atomic E-state index is 5.69. The molecule has 0 spiro atoms. The minimum absolute atomic E-state index is 0.300. The van der Waals surface area contributed by atoms with Crippen LogP contribution in [0.25, 0.3) is 0 Å². The van der Waals surface area contributed by atoms with Crippen LogP contribution in [0, 0.1) is 13.8 Å². The molecule has 2 heteroatoms. The van der Waals surface area contributed by atoms with Crippen LogP contribution in [0.15, 0.2) is 18.2 Å². The summed E-state index contributed by atoms with van der Waals surface area (Å²) in [7, 11) is 0. The van der Waals surface area contributed by atoms with E-state index in [1.54, 1.807) is 0 Å². The molecular weight excluding hydrogens is 196 g/mol. The fourth-order valence-electron chi connectivity index (χ4n) is 1.80. The van der Waals surface area contributed by atoms with Gasteiger partial charge in [-0.25, -0.2) is 0 Å². The van der Waals surface area contributed by atoms with Crippen LogP contribution in [-0.4, -0.2) is 19.1 Å². The van der Waals surface area contributed by atoms with Crippen molar-refractivity contribution in [2.75, 3.05) is 13.1 Å². The van der Waals surface area contributed by atoms with E-state index in [2.05, 4.69) is 37.4 Å². The highest BCUT2D eigenvalue weighted by Gasteiger charge is 1.98. The Labute approximate surface area is 99.2 Å². The molecule has 16 heavy (non-hydrogen) atoms. The molecule has 1 rings (SSSR count). The van der Waals surface area contributed by atoms with Gasteiger partial charge in [-0.3, -0.25) is 0 Å². The molecule has 2 nitrogen and oxygen atoms in total. The van der Waals surface area contributed by atoms with Gasteiger partial charge in [0.2, 0.25) is 0 Å². The van der Waals surface area contributed by atoms with Crippen molar-refractivity contribution in [3.63, 3.8) is 0 Å². The van der Waals surface area contributed by atoms with Gasteiger partial charge in [0, 0.05) is 6.04 Å². The molecule has 1 unspecified atom stereocenters. The van der Waals surface area contributed by atoms with Crippen molar-refractivity contribution in [1.29, 1.82) is 0 Å². The summed E-state index contributed by atoms with van der Waals surface area (Å²) in [4.78, 5) is 0. The third kappa shape index (κ3) is 4.77. The minimum Gasteiger partial charge on any atom is -0.328 e.